The molecule has 3 aliphatic rings. The van der Waals surface area contributed by atoms with Crippen LogP contribution in [0.2, 0.25) is 0 Å². The van der Waals surface area contributed by atoms with Gasteiger partial charge in [-0.3, -0.25) is 9.69 Å². The molecule has 184 valence electrons. The van der Waals surface area contributed by atoms with Crippen LogP contribution in [0.15, 0.2) is 30.6 Å². The van der Waals surface area contributed by atoms with Gasteiger partial charge in [-0.05, 0) is 41.0 Å². The number of aromatic nitrogens is 5. The molecule has 2 aromatic heterocycles. The van der Waals surface area contributed by atoms with E-state index in [9.17, 15) is 13.6 Å². The number of hydrogen-bond donors (Lipinski definition) is 0. The average molecular weight is 492 g/mol. The fraction of sp³-hybridized carbons (Fsp3) is 0.417. The second-order valence-electron chi connectivity index (χ2n) is 9.22. The molecule has 3 aromatic rings. The van der Waals surface area contributed by atoms with Crippen LogP contribution in [0.4, 0.5) is 14.5 Å². The highest BCUT2D eigenvalue weighted by atomic mass is 19.1. The highest BCUT2D eigenvalue weighted by molar-refractivity contribution is 5.85. The van der Waals surface area contributed by atoms with Crippen LogP contribution in [0.3, 0.4) is 0 Å². The molecule has 36 heavy (non-hydrogen) atoms. The van der Waals surface area contributed by atoms with Crippen LogP contribution in [0, 0.1) is 18.2 Å². The first-order valence-corrected chi connectivity index (χ1v) is 11.8. The lowest BCUT2D eigenvalue weighted by Crippen LogP contribution is -2.60. The van der Waals surface area contributed by atoms with Crippen LogP contribution in [0.1, 0.15) is 35.3 Å². The van der Waals surface area contributed by atoms with Crippen molar-refractivity contribution in [3.05, 3.63) is 70.5 Å². The monoisotopic (exact) mass is 492 g/mol. The number of pyridine rings is 1. The van der Waals surface area contributed by atoms with Crippen molar-refractivity contribution >= 4 is 11.6 Å². The molecule has 2 fully saturated rings. The van der Waals surface area contributed by atoms with E-state index in [1.807, 2.05) is 17.0 Å². The van der Waals surface area contributed by atoms with Gasteiger partial charge in [-0.25, -0.2) is 18.6 Å². The molecular formula is C24H22F2N8O2. The van der Waals surface area contributed by atoms with E-state index in [0.29, 0.717) is 51.4 Å². The summed E-state index contributed by atoms with van der Waals surface area (Å²) in [5.41, 5.74) is 1.42. The molecule has 0 bridgehead atoms. The number of amides is 1. The number of tetrazole rings is 1. The van der Waals surface area contributed by atoms with Crippen molar-refractivity contribution in [2.24, 2.45) is 0 Å². The van der Waals surface area contributed by atoms with Gasteiger partial charge in [0.05, 0.1) is 31.2 Å². The molecule has 1 aromatic carbocycles. The summed E-state index contributed by atoms with van der Waals surface area (Å²) in [5.74, 6) is -1.27. The average Bonchev–Trinajstić information content (AvgIpc) is 3.58. The van der Waals surface area contributed by atoms with Crippen molar-refractivity contribution in [3.8, 4) is 5.82 Å². The summed E-state index contributed by atoms with van der Waals surface area (Å²) in [7, 11) is 0. The summed E-state index contributed by atoms with van der Waals surface area (Å²) in [6.07, 6.45) is 2.31. The molecule has 1 amide bonds. The molecule has 2 aliphatic heterocycles. The van der Waals surface area contributed by atoms with E-state index in [1.165, 1.54) is 17.1 Å². The number of rotatable bonds is 3. The minimum atomic E-state index is -0.873. The number of benzene rings is 1. The van der Waals surface area contributed by atoms with Crippen LogP contribution < -0.4 is 0 Å². The van der Waals surface area contributed by atoms with Gasteiger partial charge in [0, 0.05) is 37.4 Å². The van der Waals surface area contributed by atoms with Crippen LogP contribution in [-0.2, 0) is 16.0 Å². The molecule has 0 saturated carbocycles. The van der Waals surface area contributed by atoms with Crippen LogP contribution >= 0.6 is 0 Å². The normalized spacial score (nSPS) is 23.7. The Bertz CT molecular complexity index is 1360. The Morgan fingerprint density at radius 2 is 2.00 bits per heavy atom. The number of ether oxygens (including phenoxy) is 1. The minimum absolute atomic E-state index is 0.0102. The second kappa shape index (κ2) is 9.00. The van der Waals surface area contributed by atoms with E-state index in [4.69, 9.17) is 11.3 Å². The lowest BCUT2D eigenvalue weighted by atomic mass is 9.98. The molecule has 2 saturated heterocycles. The van der Waals surface area contributed by atoms with Gasteiger partial charge >= 0.3 is 0 Å². The SMILES string of the molecule is [C-]#[N+]c1c(F)ccc([C@@H]2CN3CCN(C(=O)C4CCc5nc(-n6cnnn6)ccc54)C[C@@H]3CO2)c1F. The highest BCUT2D eigenvalue weighted by Crippen LogP contribution is 2.36. The van der Waals surface area contributed by atoms with Gasteiger partial charge in [-0.2, -0.15) is 4.68 Å². The molecule has 4 heterocycles. The predicted octanol–water partition coefficient (Wildman–Crippen LogP) is 2.20. The van der Waals surface area contributed by atoms with Gasteiger partial charge in [-0.15, -0.1) is 5.10 Å². The molecule has 0 radical (unpaired) electrons. The molecular weight excluding hydrogens is 470 g/mol. The van der Waals surface area contributed by atoms with E-state index >= 15 is 0 Å². The predicted molar refractivity (Wildman–Crippen MR) is 121 cm³/mol. The van der Waals surface area contributed by atoms with E-state index in [1.54, 1.807) is 0 Å². The van der Waals surface area contributed by atoms with E-state index in [2.05, 4.69) is 30.3 Å². The standard InChI is InChI=1S/C24H22F2N8O2/c1-27-23-18(25)5-2-17(22(23)26)20-11-32-8-9-33(10-14(32)12-36-20)24(35)16-3-6-19-15(16)4-7-21(29-19)34-13-28-30-31-34/h2,4-5,7,13-14,16,20H,3,6,8-12H2/t14-,16?,20+/m1/s1. The largest absolute Gasteiger partial charge is 0.370 e. The van der Waals surface area contributed by atoms with Gasteiger partial charge < -0.3 is 9.64 Å². The quantitative estimate of drug-likeness (QED) is 0.518. The maximum absolute atomic E-state index is 14.7. The van der Waals surface area contributed by atoms with Crippen molar-refractivity contribution in [1.82, 2.24) is 35.0 Å². The third kappa shape index (κ3) is 3.81. The lowest BCUT2D eigenvalue weighted by molar-refractivity contribution is -0.141. The number of halogens is 2. The van der Waals surface area contributed by atoms with Gasteiger partial charge in [-0.1, -0.05) is 12.1 Å². The molecule has 1 unspecified atom stereocenters. The number of morpholine rings is 1. The summed E-state index contributed by atoms with van der Waals surface area (Å²) in [5, 5.41) is 11.1. The summed E-state index contributed by atoms with van der Waals surface area (Å²) >= 11 is 0. The Morgan fingerprint density at radius 1 is 1.14 bits per heavy atom. The zero-order valence-electron chi connectivity index (χ0n) is 19.2. The van der Waals surface area contributed by atoms with Crippen LogP contribution in [0.25, 0.3) is 10.7 Å². The van der Waals surface area contributed by atoms with Gasteiger partial charge in [0.1, 0.15) is 18.0 Å². The smallest absolute Gasteiger partial charge is 0.257 e. The Morgan fingerprint density at radius 3 is 2.81 bits per heavy atom. The number of nitrogens with zero attached hydrogens (tertiary/aromatic N) is 8. The molecule has 1 aliphatic carbocycles. The van der Waals surface area contributed by atoms with Crippen molar-refractivity contribution in [3.63, 3.8) is 0 Å². The minimum Gasteiger partial charge on any atom is -0.370 e. The second-order valence-corrected chi connectivity index (χ2v) is 9.22. The van der Waals surface area contributed by atoms with Gasteiger partial charge in [0.25, 0.3) is 5.69 Å². The summed E-state index contributed by atoms with van der Waals surface area (Å²) in [6.45, 7) is 9.49. The number of aryl methyl sites for hydroxylation is 1. The molecule has 3 atom stereocenters. The molecule has 0 spiro atoms. The summed E-state index contributed by atoms with van der Waals surface area (Å²) in [4.78, 5) is 25.2. The van der Waals surface area contributed by atoms with Gasteiger partial charge in [0.2, 0.25) is 5.91 Å². The Hall–Kier alpha value is -3.82. The number of carbonyl (C=O) groups is 1. The van der Waals surface area contributed by atoms with E-state index < -0.39 is 23.4 Å². The van der Waals surface area contributed by atoms with Crippen molar-refractivity contribution in [2.45, 2.75) is 30.9 Å². The molecule has 6 rings (SSSR count). The first-order chi connectivity index (χ1) is 17.5. The Kier molecular flexibility index (Phi) is 5.66. The highest BCUT2D eigenvalue weighted by Gasteiger charge is 2.40. The Labute approximate surface area is 205 Å². The third-order valence-electron chi connectivity index (χ3n) is 7.28. The first-order valence-electron chi connectivity index (χ1n) is 11.8. The van der Waals surface area contributed by atoms with Crippen molar-refractivity contribution < 1.29 is 18.3 Å². The number of hydrogen-bond acceptors (Lipinski definition) is 7. The fourth-order valence-corrected chi connectivity index (χ4v) is 5.41. The summed E-state index contributed by atoms with van der Waals surface area (Å²) in [6, 6.07) is 6.21. The number of fused-ring (bicyclic) bond motifs is 2. The lowest BCUT2D eigenvalue weighted by Gasteiger charge is -2.46. The Balaban J connectivity index is 1.12. The summed E-state index contributed by atoms with van der Waals surface area (Å²) < 4.78 is 35.9. The number of piperazine rings is 1. The zero-order chi connectivity index (χ0) is 24.8. The topological polar surface area (TPSA) is 93.6 Å². The van der Waals surface area contributed by atoms with Crippen molar-refractivity contribution in [2.75, 3.05) is 32.8 Å². The van der Waals surface area contributed by atoms with Crippen molar-refractivity contribution in [1.29, 1.82) is 0 Å². The zero-order valence-corrected chi connectivity index (χ0v) is 19.2. The number of carbonyl (C=O) groups excluding carboxylic acids is 1. The van der Waals surface area contributed by atoms with Crippen LogP contribution in [0.5, 0.6) is 0 Å². The fourth-order valence-electron chi connectivity index (χ4n) is 5.41. The molecule has 10 nitrogen and oxygen atoms in total. The van der Waals surface area contributed by atoms with E-state index in [-0.39, 0.29) is 23.4 Å². The maximum atomic E-state index is 14.7. The molecule has 12 heteroatoms. The first kappa shape index (κ1) is 22.6. The van der Waals surface area contributed by atoms with Gasteiger partial charge in [0.15, 0.2) is 5.82 Å². The maximum Gasteiger partial charge on any atom is 0.257 e. The van der Waals surface area contributed by atoms with Crippen LogP contribution in [-0.4, -0.2) is 79.7 Å². The molecule has 0 N–H and O–H groups in total. The third-order valence-corrected chi connectivity index (χ3v) is 7.28. The van der Waals surface area contributed by atoms with E-state index in [0.717, 1.165) is 17.3 Å².